The van der Waals surface area contributed by atoms with Gasteiger partial charge >= 0.3 is 0 Å². The maximum absolute atomic E-state index is 5.34. The van der Waals surface area contributed by atoms with Crippen LogP contribution in [0.2, 0.25) is 0 Å². The molecule has 1 aliphatic heterocycles. The highest BCUT2D eigenvalue weighted by Gasteiger charge is 2.33. The van der Waals surface area contributed by atoms with E-state index < -0.39 is 0 Å². The first-order valence-corrected chi connectivity index (χ1v) is 5.63. The van der Waals surface area contributed by atoms with Gasteiger partial charge in [0.15, 0.2) is 0 Å². The largest absolute Gasteiger partial charge is 0.383 e. The molecule has 0 aromatic heterocycles. The summed E-state index contributed by atoms with van der Waals surface area (Å²) in [6, 6.07) is 10.7. The van der Waals surface area contributed by atoms with Crippen LogP contribution >= 0.6 is 0 Å². The van der Waals surface area contributed by atoms with Gasteiger partial charge in [-0.2, -0.15) is 0 Å². The van der Waals surface area contributed by atoms with Crippen molar-refractivity contribution in [3.63, 3.8) is 0 Å². The summed E-state index contributed by atoms with van der Waals surface area (Å²) in [6.45, 7) is 1.93. The van der Waals surface area contributed by atoms with Crippen LogP contribution in [0.5, 0.6) is 0 Å². The van der Waals surface area contributed by atoms with Gasteiger partial charge in [-0.3, -0.25) is 0 Å². The lowest BCUT2D eigenvalue weighted by molar-refractivity contribution is 0.120. The summed E-state index contributed by atoms with van der Waals surface area (Å²) >= 11 is 0. The van der Waals surface area contributed by atoms with Crippen molar-refractivity contribution in [3.05, 3.63) is 35.9 Å². The van der Waals surface area contributed by atoms with Crippen molar-refractivity contribution in [1.82, 2.24) is 5.32 Å². The van der Waals surface area contributed by atoms with Crippen LogP contribution in [-0.4, -0.2) is 25.8 Å². The molecular formula is C13H19NO. The highest BCUT2D eigenvalue weighted by atomic mass is 16.5. The third-order valence-corrected chi connectivity index (χ3v) is 3.14. The standard InChI is InChI=1S/C13H19NO/c1-15-11-13(8-5-9-14-13)10-12-6-3-2-4-7-12/h2-4,6-7,14H,5,8-11H2,1H3. The Bertz CT molecular complexity index is 291. The van der Waals surface area contributed by atoms with E-state index in [2.05, 4.69) is 35.6 Å². The Labute approximate surface area is 91.6 Å². The second kappa shape index (κ2) is 4.77. The number of hydrogen-bond donors (Lipinski definition) is 1. The van der Waals surface area contributed by atoms with E-state index in [0.717, 1.165) is 19.6 Å². The van der Waals surface area contributed by atoms with Crippen molar-refractivity contribution >= 4 is 0 Å². The van der Waals surface area contributed by atoms with E-state index in [1.807, 2.05) is 0 Å². The first-order valence-electron chi connectivity index (χ1n) is 5.63. The number of benzene rings is 1. The fraction of sp³-hybridized carbons (Fsp3) is 0.538. The monoisotopic (exact) mass is 205 g/mol. The van der Waals surface area contributed by atoms with Gasteiger partial charge < -0.3 is 10.1 Å². The Balaban J connectivity index is 2.07. The van der Waals surface area contributed by atoms with Crippen LogP contribution in [0.15, 0.2) is 30.3 Å². The molecule has 1 N–H and O–H groups in total. The molecule has 0 bridgehead atoms. The lowest BCUT2D eigenvalue weighted by Gasteiger charge is -2.28. The van der Waals surface area contributed by atoms with Gasteiger partial charge in [0.2, 0.25) is 0 Å². The van der Waals surface area contributed by atoms with E-state index >= 15 is 0 Å². The van der Waals surface area contributed by atoms with Crippen LogP contribution < -0.4 is 5.32 Å². The minimum absolute atomic E-state index is 0.177. The first kappa shape index (κ1) is 10.7. The van der Waals surface area contributed by atoms with Gasteiger partial charge in [0.05, 0.1) is 6.61 Å². The average Bonchev–Trinajstić information content (AvgIpc) is 2.69. The lowest BCUT2D eigenvalue weighted by Crippen LogP contribution is -2.46. The Morgan fingerprint density at radius 3 is 2.73 bits per heavy atom. The molecule has 0 spiro atoms. The van der Waals surface area contributed by atoms with Crippen molar-refractivity contribution in [2.24, 2.45) is 0 Å². The third-order valence-electron chi connectivity index (χ3n) is 3.14. The molecule has 1 saturated heterocycles. The quantitative estimate of drug-likeness (QED) is 0.811. The zero-order chi connectivity index (χ0) is 10.6. The van der Waals surface area contributed by atoms with Crippen molar-refractivity contribution in [1.29, 1.82) is 0 Å². The maximum atomic E-state index is 5.34. The van der Waals surface area contributed by atoms with E-state index in [0.29, 0.717) is 0 Å². The van der Waals surface area contributed by atoms with Crippen LogP contribution in [0.1, 0.15) is 18.4 Å². The lowest BCUT2D eigenvalue weighted by atomic mass is 9.90. The molecule has 15 heavy (non-hydrogen) atoms. The van der Waals surface area contributed by atoms with E-state index in [1.165, 1.54) is 18.4 Å². The maximum Gasteiger partial charge on any atom is 0.0647 e. The van der Waals surface area contributed by atoms with Gasteiger partial charge in [-0.1, -0.05) is 30.3 Å². The predicted octanol–water partition coefficient (Wildman–Crippen LogP) is 2.00. The van der Waals surface area contributed by atoms with Crippen molar-refractivity contribution in [2.75, 3.05) is 20.3 Å². The smallest absolute Gasteiger partial charge is 0.0647 e. The molecule has 1 fully saturated rings. The van der Waals surface area contributed by atoms with Crippen LogP contribution in [-0.2, 0) is 11.2 Å². The van der Waals surface area contributed by atoms with E-state index in [4.69, 9.17) is 4.74 Å². The van der Waals surface area contributed by atoms with Crippen molar-refractivity contribution in [3.8, 4) is 0 Å². The third kappa shape index (κ3) is 2.58. The zero-order valence-electron chi connectivity index (χ0n) is 9.33. The molecule has 1 aromatic carbocycles. The molecule has 1 aliphatic rings. The number of nitrogens with one attached hydrogen (secondary N) is 1. The summed E-state index contributed by atoms with van der Waals surface area (Å²) in [6.07, 6.45) is 3.55. The SMILES string of the molecule is COCC1(Cc2ccccc2)CCCN1. The topological polar surface area (TPSA) is 21.3 Å². The number of rotatable bonds is 4. The van der Waals surface area contributed by atoms with Gasteiger partial charge in [-0.05, 0) is 31.4 Å². The predicted molar refractivity (Wildman–Crippen MR) is 62.0 cm³/mol. The minimum atomic E-state index is 0.177. The zero-order valence-corrected chi connectivity index (χ0v) is 9.33. The molecule has 1 heterocycles. The highest BCUT2D eigenvalue weighted by molar-refractivity contribution is 5.18. The van der Waals surface area contributed by atoms with E-state index in [1.54, 1.807) is 7.11 Å². The second-order valence-electron chi connectivity index (χ2n) is 4.41. The van der Waals surface area contributed by atoms with Crippen LogP contribution in [0.3, 0.4) is 0 Å². The van der Waals surface area contributed by atoms with E-state index in [9.17, 15) is 0 Å². The van der Waals surface area contributed by atoms with Crippen LogP contribution in [0.4, 0.5) is 0 Å². The molecule has 2 nitrogen and oxygen atoms in total. The van der Waals surface area contributed by atoms with Gasteiger partial charge in [-0.15, -0.1) is 0 Å². The molecule has 1 aromatic rings. The molecular weight excluding hydrogens is 186 g/mol. The number of ether oxygens (including phenoxy) is 1. The highest BCUT2D eigenvalue weighted by Crippen LogP contribution is 2.24. The molecule has 0 saturated carbocycles. The number of methoxy groups -OCH3 is 1. The molecule has 0 amide bonds. The Morgan fingerprint density at radius 1 is 1.33 bits per heavy atom. The molecule has 2 heteroatoms. The van der Waals surface area contributed by atoms with Gasteiger partial charge in [0.1, 0.15) is 0 Å². The molecule has 1 unspecified atom stereocenters. The second-order valence-corrected chi connectivity index (χ2v) is 4.41. The molecule has 0 aliphatic carbocycles. The van der Waals surface area contributed by atoms with Gasteiger partial charge in [-0.25, -0.2) is 0 Å². The van der Waals surface area contributed by atoms with E-state index in [-0.39, 0.29) is 5.54 Å². The minimum Gasteiger partial charge on any atom is -0.383 e. The fourth-order valence-electron chi connectivity index (χ4n) is 2.46. The summed E-state index contributed by atoms with van der Waals surface area (Å²) in [5.74, 6) is 0. The number of hydrogen-bond acceptors (Lipinski definition) is 2. The Morgan fingerprint density at radius 2 is 2.13 bits per heavy atom. The summed E-state index contributed by atoms with van der Waals surface area (Å²) in [5, 5.41) is 3.59. The van der Waals surface area contributed by atoms with Crippen LogP contribution in [0.25, 0.3) is 0 Å². The Kier molecular flexibility index (Phi) is 3.39. The summed E-state index contributed by atoms with van der Waals surface area (Å²) in [4.78, 5) is 0. The first-order chi connectivity index (χ1) is 7.35. The van der Waals surface area contributed by atoms with Crippen molar-refractivity contribution in [2.45, 2.75) is 24.8 Å². The molecule has 82 valence electrons. The van der Waals surface area contributed by atoms with Crippen molar-refractivity contribution < 1.29 is 4.74 Å². The van der Waals surface area contributed by atoms with Gasteiger partial charge in [0, 0.05) is 12.6 Å². The normalized spacial score (nSPS) is 25.7. The summed E-state index contributed by atoms with van der Waals surface area (Å²) in [5.41, 5.74) is 1.57. The van der Waals surface area contributed by atoms with Crippen LogP contribution in [0, 0.1) is 0 Å². The fourth-order valence-corrected chi connectivity index (χ4v) is 2.46. The average molecular weight is 205 g/mol. The Hall–Kier alpha value is -0.860. The molecule has 0 radical (unpaired) electrons. The molecule has 2 rings (SSSR count). The summed E-state index contributed by atoms with van der Waals surface area (Å²) in [7, 11) is 1.78. The molecule has 1 atom stereocenters. The summed E-state index contributed by atoms with van der Waals surface area (Å²) < 4.78 is 5.34. The van der Waals surface area contributed by atoms with Gasteiger partial charge in [0.25, 0.3) is 0 Å².